The zero-order valence-corrected chi connectivity index (χ0v) is 17.3. The number of nitrogens with zero attached hydrogens (tertiary/aromatic N) is 1. The molecule has 0 bridgehead atoms. The summed E-state index contributed by atoms with van der Waals surface area (Å²) in [5.41, 5.74) is 2.83. The third-order valence-electron chi connectivity index (χ3n) is 4.63. The van der Waals surface area contributed by atoms with Gasteiger partial charge in [-0.05, 0) is 61.9 Å². The molecule has 0 aromatic heterocycles. The third kappa shape index (κ3) is 3.89. The topological polar surface area (TPSA) is 113 Å². The summed E-state index contributed by atoms with van der Waals surface area (Å²) in [6, 6.07) is 9.32. The molecule has 2 aromatic carbocycles. The van der Waals surface area contributed by atoms with E-state index >= 15 is 0 Å². The first-order valence-electron chi connectivity index (χ1n) is 8.49. The summed E-state index contributed by atoms with van der Waals surface area (Å²) in [5.74, 6) is -0.400. The van der Waals surface area contributed by atoms with E-state index in [-0.39, 0.29) is 4.90 Å². The van der Waals surface area contributed by atoms with Gasteiger partial charge in [-0.15, -0.1) is 0 Å². The Bertz CT molecular complexity index is 1160. The smallest absolute Gasteiger partial charge is 0.255 e. The van der Waals surface area contributed by atoms with Gasteiger partial charge in [-0.2, -0.15) is 0 Å². The standard InChI is InChI=1S/C18H21N3O5S2/c1-12-4-6-15(28(25,26)19-2)11-16(12)20-18(22)14-5-7-17-13(10-14)8-9-21(17)27(3,23)24/h4-7,10-11,19H,8-9H2,1-3H3,(H,20,22). The summed E-state index contributed by atoms with van der Waals surface area (Å²) >= 11 is 0. The molecule has 0 saturated heterocycles. The van der Waals surface area contributed by atoms with Crippen molar-refractivity contribution in [3.63, 3.8) is 0 Å². The minimum atomic E-state index is -3.63. The van der Waals surface area contributed by atoms with Gasteiger partial charge in [0, 0.05) is 17.8 Å². The van der Waals surface area contributed by atoms with Crippen LogP contribution in [-0.4, -0.2) is 42.6 Å². The molecule has 2 N–H and O–H groups in total. The second-order valence-electron chi connectivity index (χ2n) is 6.57. The van der Waals surface area contributed by atoms with Gasteiger partial charge < -0.3 is 5.32 Å². The normalized spacial score (nSPS) is 14.0. The van der Waals surface area contributed by atoms with Crippen LogP contribution in [0.3, 0.4) is 0 Å². The zero-order chi connectivity index (χ0) is 20.7. The molecule has 2 aromatic rings. The van der Waals surface area contributed by atoms with Crippen molar-refractivity contribution >= 4 is 37.3 Å². The van der Waals surface area contributed by atoms with E-state index in [1.165, 1.54) is 23.5 Å². The van der Waals surface area contributed by atoms with Crippen LogP contribution >= 0.6 is 0 Å². The van der Waals surface area contributed by atoms with Crippen LogP contribution in [0.2, 0.25) is 0 Å². The van der Waals surface area contributed by atoms with E-state index in [2.05, 4.69) is 10.0 Å². The van der Waals surface area contributed by atoms with Crippen LogP contribution in [0.4, 0.5) is 11.4 Å². The average molecular weight is 424 g/mol. The fourth-order valence-electron chi connectivity index (χ4n) is 3.07. The molecule has 0 unspecified atom stereocenters. The van der Waals surface area contributed by atoms with E-state index in [1.807, 2.05) is 0 Å². The van der Waals surface area contributed by atoms with Crippen molar-refractivity contribution in [2.24, 2.45) is 0 Å². The fraction of sp³-hybridized carbons (Fsp3) is 0.278. The number of carbonyl (C=O) groups is 1. The highest BCUT2D eigenvalue weighted by Gasteiger charge is 2.27. The number of sulfonamides is 2. The van der Waals surface area contributed by atoms with Gasteiger partial charge in [0.05, 0.1) is 16.8 Å². The molecule has 1 aliphatic rings. The lowest BCUT2D eigenvalue weighted by Crippen LogP contribution is -2.27. The molecule has 0 saturated carbocycles. The van der Waals surface area contributed by atoms with Gasteiger partial charge in [0.2, 0.25) is 20.0 Å². The first-order valence-corrected chi connectivity index (χ1v) is 11.8. The van der Waals surface area contributed by atoms with Crippen LogP contribution < -0.4 is 14.3 Å². The number of aryl methyl sites for hydroxylation is 1. The molecule has 150 valence electrons. The maximum absolute atomic E-state index is 12.7. The summed E-state index contributed by atoms with van der Waals surface area (Å²) in [5, 5.41) is 2.73. The maximum atomic E-state index is 12.7. The number of anilines is 2. The van der Waals surface area contributed by atoms with E-state index in [1.54, 1.807) is 31.2 Å². The highest BCUT2D eigenvalue weighted by Crippen LogP contribution is 2.31. The number of benzene rings is 2. The van der Waals surface area contributed by atoms with Crippen molar-refractivity contribution in [2.45, 2.75) is 18.2 Å². The predicted molar refractivity (Wildman–Crippen MR) is 108 cm³/mol. The summed E-state index contributed by atoms with van der Waals surface area (Å²) in [6.45, 7) is 2.11. The van der Waals surface area contributed by atoms with Crippen LogP contribution in [0.1, 0.15) is 21.5 Å². The summed E-state index contributed by atoms with van der Waals surface area (Å²) < 4.78 is 51.2. The van der Waals surface area contributed by atoms with Crippen molar-refractivity contribution in [3.8, 4) is 0 Å². The highest BCUT2D eigenvalue weighted by molar-refractivity contribution is 7.92. The Labute approximate surface area is 164 Å². The van der Waals surface area contributed by atoms with Gasteiger partial charge in [0.1, 0.15) is 0 Å². The number of amides is 1. The Morgan fingerprint density at radius 2 is 1.79 bits per heavy atom. The van der Waals surface area contributed by atoms with Crippen molar-refractivity contribution in [2.75, 3.05) is 29.5 Å². The van der Waals surface area contributed by atoms with E-state index in [0.29, 0.717) is 35.5 Å². The molecule has 3 rings (SSSR count). The van der Waals surface area contributed by atoms with E-state index in [0.717, 1.165) is 11.8 Å². The molecular weight excluding hydrogens is 402 g/mol. The Balaban J connectivity index is 1.88. The Hall–Kier alpha value is -2.43. The molecule has 1 aliphatic heterocycles. The second-order valence-corrected chi connectivity index (χ2v) is 10.4. The van der Waals surface area contributed by atoms with Crippen LogP contribution in [0, 0.1) is 6.92 Å². The largest absolute Gasteiger partial charge is 0.322 e. The number of rotatable bonds is 5. The Kier molecular flexibility index (Phi) is 5.22. The van der Waals surface area contributed by atoms with Crippen LogP contribution in [-0.2, 0) is 26.5 Å². The second kappa shape index (κ2) is 7.19. The Morgan fingerprint density at radius 3 is 2.43 bits per heavy atom. The lowest BCUT2D eigenvalue weighted by molar-refractivity contribution is 0.102. The van der Waals surface area contributed by atoms with Crippen molar-refractivity contribution in [1.82, 2.24) is 4.72 Å². The lowest BCUT2D eigenvalue weighted by atomic mass is 10.1. The molecule has 28 heavy (non-hydrogen) atoms. The number of fused-ring (bicyclic) bond motifs is 1. The van der Waals surface area contributed by atoms with Crippen molar-refractivity contribution in [3.05, 3.63) is 53.1 Å². The van der Waals surface area contributed by atoms with Crippen molar-refractivity contribution < 1.29 is 21.6 Å². The molecule has 0 spiro atoms. The number of carbonyl (C=O) groups excluding carboxylic acids is 1. The number of nitrogens with one attached hydrogen (secondary N) is 2. The molecule has 1 heterocycles. The minimum absolute atomic E-state index is 0.0497. The Morgan fingerprint density at radius 1 is 1.07 bits per heavy atom. The van der Waals surface area contributed by atoms with E-state index in [4.69, 9.17) is 0 Å². The SMILES string of the molecule is CNS(=O)(=O)c1ccc(C)c(NC(=O)c2ccc3c(c2)CCN3S(C)(=O)=O)c1. The third-order valence-corrected chi connectivity index (χ3v) is 7.22. The summed E-state index contributed by atoms with van der Waals surface area (Å²) in [7, 11) is -5.67. The molecule has 8 nitrogen and oxygen atoms in total. The number of hydrogen-bond acceptors (Lipinski definition) is 5. The summed E-state index contributed by atoms with van der Waals surface area (Å²) in [4.78, 5) is 12.7. The average Bonchev–Trinajstić information content (AvgIpc) is 3.06. The predicted octanol–water partition coefficient (Wildman–Crippen LogP) is 1.48. The molecule has 0 aliphatic carbocycles. The number of hydrogen-bond donors (Lipinski definition) is 2. The maximum Gasteiger partial charge on any atom is 0.255 e. The van der Waals surface area contributed by atoms with E-state index in [9.17, 15) is 21.6 Å². The fourth-order valence-corrected chi connectivity index (χ4v) is 4.79. The molecule has 10 heteroatoms. The van der Waals surface area contributed by atoms with Crippen LogP contribution in [0.25, 0.3) is 0 Å². The van der Waals surface area contributed by atoms with Gasteiger partial charge in [-0.25, -0.2) is 21.6 Å². The first kappa shape index (κ1) is 20.3. The van der Waals surface area contributed by atoms with Gasteiger partial charge in [0.15, 0.2) is 0 Å². The lowest BCUT2D eigenvalue weighted by Gasteiger charge is -2.16. The molecule has 1 amide bonds. The zero-order valence-electron chi connectivity index (χ0n) is 15.7. The van der Waals surface area contributed by atoms with Gasteiger partial charge in [-0.3, -0.25) is 9.10 Å². The van der Waals surface area contributed by atoms with Crippen molar-refractivity contribution in [1.29, 1.82) is 0 Å². The van der Waals surface area contributed by atoms with Crippen LogP contribution in [0.5, 0.6) is 0 Å². The molecule has 0 radical (unpaired) electrons. The van der Waals surface area contributed by atoms with Gasteiger partial charge in [0.25, 0.3) is 5.91 Å². The van der Waals surface area contributed by atoms with Crippen LogP contribution in [0.15, 0.2) is 41.3 Å². The van der Waals surface area contributed by atoms with Gasteiger partial charge >= 0.3 is 0 Å². The minimum Gasteiger partial charge on any atom is -0.322 e. The monoisotopic (exact) mass is 423 g/mol. The molecule has 0 atom stereocenters. The van der Waals surface area contributed by atoms with E-state index < -0.39 is 26.0 Å². The highest BCUT2D eigenvalue weighted by atomic mass is 32.2. The quantitative estimate of drug-likeness (QED) is 0.756. The molecular formula is C18H21N3O5S2. The van der Waals surface area contributed by atoms with Gasteiger partial charge in [-0.1, -0.05) is 6.07 Å². The molecule has 0 fully saturated rings. The first-order chi connectivity index (χ1) is 13.0. The summed E-state index contributed by atoms with van der Waals surface area (Å²) in [6.07, 6.45) is 1.68.